The van der Waals surface area contributed by atoms with Crippen molar-refractivity contribution in [3.05, 3.63) is 53.3 Å². The van der Waals surface area contributed by atoms with Crippen LogP contribution in [-0.4, -0.2) is 0 Å². The Balaban J connectivity index is 2.57. The lowest BCUT2D eigenvalue weighted by Gasteiger charge is -2.06. The number of aryl methyl sites for hydroxylation is 2. The van der Waals surface area contributed by atoms with E-state index in [1.807, 2.05) is 26.0 Å². The van der Waals surface area contributed by atoms with Gasteiger partial charge in [-0.3, -0.25) is 0 Å². The summed E-state index contributed by atoms with van der Waals surface area (Å²) in [4.78, 5) is 0. The first-order valence-electron chi connectivity index (χ1n) is 5.19. The maximum absolute atomic E-state index is 13.2. The zero-order chi connectivity index (χ0) is 11.7. The maximum Gasteiger partial charge on any atom is 0.125 e. The quantitative estimate of drug-likeness (QED) is 0.721. The van der Waals surface area contributed by atoms with Crippen molar-refractivity contribution in [1.82, 2.24) is 0 Å². The summed E-state index contributed by atoms with van der Waals surface area (Å²) in [5.74, 6) is -0.297. The number of halogens is 1. The number of benzene rings is 2. The first-order valence-corrected chi connectivity index (χ1v) is 5.19. The third kappa shape index (κ3) is 2.22. The van der Waals surface area contributed by atoms with Crippen LogP contribution in [0.3, 0.4) is 0 Å². The van der Waals surface area contributed by atoms with Crippen molar-refractivity contribution in [2.24, 2.45) is 0 Å². The molecular weight excluding hydrogens is 201 g/mol. The van der Waals surface area contributed by atoms with Crippen molar-refractivity contribution >= 4 is 5.69 Å². The highest BCUT2D eigenvalue weighted by Gasteiger charge is 2.02. The normalized spacial score (nSPS) is 10.4. The third-order valence-electron chi connectivity index (χ3n) is 2.48. The highest BCUT2D eigenvalue weighted by atomic mass is 19.1. The average Bonchev–Trinajstić information content (AvgIpc) is 2.14. The molecule has 2 aromatic carbocycles. The molecule has 2 aromatic rings. The van der Waals surface area contributed by atoms with Crippen LogP contribution in [0.1, 0.15) is 11.1 Å². The van der Waals surface area contributed by atoms with Gasteiger partial charge in [0.1, 0.15) is 5.82 Å². The Morgan fingerprint density at radius 1 is 0.812 bits per heavy atom. The second-order valence-corrected chi connectivity index (χ2v) is 4.15. The fourth-order valence-corrected chi connectivity index (χ4v) is 1.92. The fourth-order valence-electron chi connectivity index (χ4n) is 1.92. The Labute approximate surface area is 94.7 Å². The molecule has 1 nitrogen and oxygen atoms in total. The van der Waals surface area contributed by atoms with Gasteiger partial charge in [-0.05, 0) is 43.2 Å². The summed E-state index contributed by atoms with van der Waals surface area (Å²) in [6, 6.07) is 10.8. The average molecular weight is 215 g/mol. The molecule has 0 aliphatic rings. The predicted molar refractivity (Wildman–Crippen MR) is 65.7 cm³/mol. The summed E-state index contributed by atoms with van der Waals surface area (Å²) in [6.07, 6.45) is 0. The molecule has 0 spiro atoms. The number of anilines is 1. The SMILES string of the molecule is Cc1cc(C)cc(-c2cc(N)cc(F)c2)c1. The summed E-state index contributed by atoms with van der Waals surface area (Å²) in [7, 11) is 0. The number of nitrogens with two attached hydrogens (primary N) is 1. The van der Waals surface area contributed by atoms with E-state index in [2.05, 4.69) is 6.07 Å². The van der Waals surface area contributed by atoms with E-state index in [0.29, 0.717) is 5.69 Å². The van der Waals surface area contributed by atoms with Crippen LogP contribution in [0, 0.1) is 19.7 Å². The standard InChI is InChI=1S/C14H14FN/c1-9-3-10(2)5-11(4-9)12-6-13(15)8-14(16)7-12/h3-8H,16H2,1-2H3. The Kier molecular flexibility index (Phi) is 2.65. The van der Waals surface area contributed by atoms with Gasteiger partial charge in [-0.25, -0.2) is 4.39 Å². The van der Waals surface area contributed by atoms with Crippen LogP contribution >= 0.6 is 0 Å². The van der Waals surface area contributed by atoms with Gasteiger partial charge in [0.25, 0.3) is 0 Å². The first kappa shape index (κ1) is 10.7. The predicted octanol–water partition coefficient (Wildman–Crippen LogP) is 3.69. The van der Waals surface area contributed by atoms with Crippen LogP contribution in [0.2, 0.25) is 0 Å². The van der Waals surface area contributed by atoms with Crippen molar-refractivity contribution in [1.29, 1.82) is 0 Å². The van der Waals surface area contributed by atoms with E-state index in [4.69, 9.17) is 5.73 Å². The van der Waals surface area contributed by atoms with E-state index in [1.165, 1.54) is 12.1 Å². The van der Waals surface area contributed by atoms with Gasteiger partial charge in [-0.15, -0.1) is 0 Å². The topological polar surface area (TPSA) is 26.0 Å². The molecule has 2 heteroatoms. The number of hydrogen-bond donors (Lipinski definition) is 1. The zero-order valence-corrected chi connectivity index (χ0v) is 9.42. The summed E-state index contributed by atoms with van der Waals surface area (Å²) in [5.41, 5.74) is 10.2. The number of nitrogen functional groups attached to an aromatic ring is 1. The van der Waals surface area contributed by atoms with Crippen molar-refractivity contribution in [2.75, 3.05) is 5.73 Å². The Hall–Kier alpha value is -1.83. The molecule has 0 aliphatic carbocycles. The molecule has 82 valence electrons. The van der Waals surface area contributed by atoms with Crippen LogP contribution in [-0.2, 0) is 0 Å². The second kappa shape index (κ2) is 3.97. The Morgan fingerprint density at radius 2 is 1.38 bits per heavy atom. The smallest absolute Gasteiger partial charge is 0.125 e. The molecule has 0 radical (unpaired) electrons. The van der Waals surface area contributed by atoms with Gasteiger partial charge < -0.3 is 5.73 Å². The second-order valence-electron chi connectivity index (χ2n) is 4.15. The molecule has 0 aliphatic heterocycles. The minimum absolute atomic E-state index is 0.297. The van der Waals surface area contributed by atoms with Gasteiger partial charge in [0.2, 0.25) is 0 Å². The van der Waals surface area contributed by atoms with E-state index < -0.39 is 0 Å². The lowest BCUT2D eigenvalue weighted by atomic mass is 10.0. The highest BCUT2D eigenvalue weighted by molar-refractivity contribution is 5.68. The maximum atomic E-state index is 13.2. The molecule has 0 heterocycles. The molecule has 0 unspecified atom stereocenters. The Morgan fingerprint density at radius 3 is 1.94 bits per heavy atom. The molecule has 0 atom stereocenters. The van der Waals surface area contributed by atoms with Crippen molar-refractivity contribution < 1.29 is 4.39 Å². The fraction of sp³-hybridized carbons (Fsp3) is 0.143. The largest absolute Gasteiger partial charge is 0.399 e. The van der Waals surface area contributed by atoms with E-state index >= 15 is 0 Å². The molecule has 0 saturated heterocycles. The molecule has 0 saturated carbocycles. The van der Waals surface area contributed by atoms with Crippen LogP contribution in [0.15, 0.2) is 36.4 Å². The van der Waals surface area contributed by atoms with Crippen LogP contribution in [0.5, 0.6) is 0 Å². The minimum atomic E-state index is -0.297. The zero-order valence-electron chi connectivity index (χ0n) is 9.42. The van der Waals surface area contributed by atoms with Crippen LogP contribution in [0.4, 0.5) is 10.1 Å². The lowest BCUT2D eigenvalue weighted by Crippen LogP contribution is -1.89. The van der Waals surface area contributed by atoms with Crippen LogP contribution < -0.4 is 5.73 Å². The lowest BCUT2D eigenvalue weighted by molar-refractivity contribution is 0.629. The summed E-state index contributed by atoms with van der Waals surface area (Å²) in [6.45, 7) is 4.05. The summed E-state index contributed by atoms with van der Waals surface area (Å²) in [5, 5.41) is 0. The van der Waals surface area contributed by atoms with Gasteiger partial charge in [0, 0.05) is 5.69 Å². The first-order chi connectivity index (χ1) is 7.54. The van der Waals surface area contributed by atoms with Crippen molar-refractivity contribution in [3.63, 3.8) is 0 Å². The number of hydrogen-bond acceptors (Lipinski definition) is 1. The molecule has 0 aromatic heterocycles. The van der Waals surface area contributed by atoms with Crippen molar-refractivity contribution in [3.8, 4) is 11.1 Å². The highest BCUT2D eigenvalue weighted by Crippen LogP contribution is 2.25. The van der Waals surface area contributed by atoms with E-state index in [-0.39, 0.29) is 5.82 Å². The molecule has 0 amide bonds. The number of rotatable bonds is 1. The minimum Gasteiger partial charge on any atom is -0.399 e. The van der Waals surface area contributed by atoms with Crippen LogP contribution in [0.25, 0.3) is 11.1 Å². The molecule has 0 bridgehead atoms. The summed E-state index contributed by atoms with van der Waals surface area (Å²) < 4.78 is 13.2. The van der Waals surface area contributed by atoms with E-state index in [1.54, 1.807) is 6.07 Å². The van der Waals surface area contributed by atoms with Gasteiger partial charge in [-0.1, -0.05) is 29.3 Å². The molecule has 2 N–H and O–H groups in total. The van der Waals surface area contributed by atoms with Gasteiger partial charge in [-0.2, -0.15) is 0 Å². The summed E-state index contributed by atoms with van der Waals surface area (Å²) >= 11 is 0. The van der Waals surface area contributed by atoms with Gasteiger partial charge in [0.15, 0.2) is 0 Å². The monoisotopic (exact) mass is 215 g/mol. The Bertz CT molecular complexity index is 442. The third-order valence-corrected chi connectivity index (χ3v) is 2.48. The molecular formula is C14H14FN. The molecule has 16 heavy (non-hydrogen) atoms. The van der Waals surface area contributed by atoms with E-state index in [9.17, 15) is 4.39 Å². The van der Waals surface area contributed by atoms with Gasteiger partial charge >= 0.3 is 0 Å². The van der Waals surface area contributed by atoms with E-state index in [0.717, 1.165) is 22.3 Å². The molecule has 0 fully saturated rings. The molecule has 2 rings (SSSR count). The van der Waals surface area contributed by atoms with Crippen molar-refractivity contribution in [2.45, 2.75) is 13.8 Å². The van der Waals surface area contributed by atoms with Gasteiger partial charge in [0.05, 0.1) is 0 Å².